The second-order valence-corrected chi connectivity index (χ2v) is 6.57. The van der Waals surface area contributed by atoms with Gasteiger partial charge in [0, 0.05) is 21.6 Å². The number of phenols is 1. The normalized spacial score (nSPS) is 12.7. The molecule has 4 rings (SSSR count). The summed E-state index contributed by atoms with van der Waals surface area (Å²) in [6.07, 6.45) is 0. The molecule has 3 aromatic rings. The van der Waals surface area contributed by atoms with Crippen LogP contribution in [0.1, 0.15) is 31.8 Å². The van der Waals surface area contributed by atoms with Crippen LogP contribution in [0.5, 0.6) is 5.75 Å². The Morgan fingerprint density at radius 2 is 1.29 bits per heavy atom. The van der Waals surface area contributed by atoms with Gasteiger partial charge in [-0.1, -0.05) is 54.2 Å². The summed E-state index contributed by atoms with van der Waals surface area (Å²) in [6.45, 7) is 0. The molecule has 0 aromatic heterocycles. The van der Waals surface area contributed by atoms with Crippen LogP contribution in [0.3, 0.4) is 0 Å². The van der Waals surface area contributed by atoms with Crippen LogP contribution in [0.15, 0.2) is 76.5 Å². The molecule has 0 amide bonds. The number of hydrogen-bond donors (Lipinski definition) is 1. The molecule has 0 aliphatic heterocycles. The largest absolute Gasteiger partial charge is 0.506 e. The molecule has 0 heterocycles. The van der Waals surface area contributed by atoms with Crippen LogP contribution in [-0.4, -0.2) is 16.7 Å². The topological polar surface area (TPSA) is 54.4 Å². The van der Waals surface area contributed by atoms with E-state index >= 15 is 0 Å². The van der Waals surface area contributed by atoms with Gasteiger partial charge in [-0.3, -0.25) is 9.59 Å². The fourth-order valence-electron chi connectivity index (χ4n) is 2.85. The van der Waals surface area contributed by atoms with Gasteiger partial charge >= 0.3 is 0 Å². The molecule has 0 unspecified atom stereocenters. The van der Waals surface area contributed by atoms with Gasteiger partial charge in [0.1, 0.15) is 5.75 Å². The first-order valence-electron chi connectivity index (χ1n) is 7.44. The van der Waals surface area contributed by atoms with Gasteiger partial charge in [-0.15, -0.1) is 0 Å². The zero-order chi connectivity index (χ0) is 16.7. The third kappa shape index (κ3) is 2.23. The highest BCUT2D eigenvalue weighted by atomic mass is 32.2. The maximum absolute atomic E-state index is 12.8. The summed E-state index contributed by atoms with van der Waals surface area (Å²) in [6, 6.07) is 19.6. The highest BCUT2D eigenvalue weighted by Crippen LogP contribution is 2.41. The molecule has 1 aliphatic rings. The molecule has 0 saturated carbocycles. The third-order valence-corrected chi connectivity index (χ3v) is 5.06. The van der Waals surface area contributed by atoms with Crippen molar-refractivity contribution in [1.82, 2.24) is 0 Å². The van der Waals surface area contributed by atoms with Crippen molar-refractivity contribution in [2.24, 2.45) is 0 Å². The molecule has 0 spiro atoms. The minimum atomic E-state index is -0.312. The van der Waals surface area contributed by atoms with Gasteiger partial charge < -0.3 is 5.11 Å². The lowest BCUT2D eigenvalue weighted by Gasteiger charge is -2.19. The Hall–Kier alpha value is -2.85. The fraction of sp³-hybridized carbons (Fsp3) is 0. The lowest BCUT2D eigenvalue weighted by Crippen LogP contribution is -2.21. The second-order valence-electron chi connectivity index (χ2n) is 5.45. The number of benzene rings is 3. The lowest BCUT2D eigenvalue weighted by molar-refractivity contribution is 0.0976. The van der Waals surface area contributed by atoms with Gasteiger partial charge in [-0.05, 0) is 24.3 Å². The number of carbonyl (C=O) groups excluding carboxylic acids is 2. The van der Waals surface area contributed by atoms with Crippen molar-refractivity contribution in [3.8, 4) is 5.75 Å². The zero-order valence-corrected chi connectivity index (χ0v) is 13.3. The molecule has 24 heavy (non-hydrogen) atoms. The van der Waals surface area contributed by atoms with Crippen LogP contribution >= 0.6 is 11.8 Å². The average molecular weight is 332 g/mol. The standard InChI is InChI=1S/C20H12O3S/c21-18-13-8-4-5-9-14(13)19(22)17-15(18)10-11-16(20(17)23)24-12-6-2-1-3-7-12/h1-11,23H. The zero-order valence-electron chi connectivity index (χ0n) is 12.5. The van der Waals surface area contributed by atoms with E-state index in [9.17, 15) is 14.7 Å². The predicted octanol–water partition coefficient (Wildman–Crippen LogP) is 4.32. The van der Waals surface area contributed by atoms with E-state index in [1.807, 2.05) is 30.3 Å². The molecule has 0 saturated heterocycles. The summed E-state index contributed by atoms with van der Waals surface area (Å²) in [7, 11) is 0. The smallest absolute Gasteiger partial charge is 0.198 e. The molecule has 0 fully saturated rings. The van der Waals surface area contributed by atoms with Crippen molar-refractivity contribution in [2.45, 2.75) is 9.79 Å². The van der Waals surface area contributed by atoms with E-state index in [1.165, 1.54) is 11.8 Å². The van der Waals surface area contributed by atoms with E-state index in [0.717, 1.165) is 4.90 Å². The van der Waals surface area contributed by atoms with Gasteiger partial charge in [-0.25, -0.2) is 0 Å². The van der Waals surface area contributed by atoms with Gasteiger partial charge in [0.25, 0.3) is 0 Å². The Balaban J connectivity index is 1.84. The Labute approximate surface area is 143 Å². The quantitative estimate of drug-likeness (QED) is 0.594. The Bertz CT molecular complexity index is 977. The highest BCUT2D eigenvalue weighted by molar-refractivity contribution is 7.99. The van der Waals surface area contributed by atoms with Crippen LogP contribution in [0.25, 0.3) is 0 Å². The van der Waals surface area contributed by atoms with E-state index < -0.39 is 0 Å². The molecular formula is C20H12O3S. The van der Waals surface area contributed by atoms with Gasteiger partial charge in [0.2, 0.25) is 0 Å². The maximum atomic E-state index is 12.8. The van der Waals surface area contributed by atoms with Crippen molar-refractivity contribution in [3.05, 3.63) is 89.0 Å². The van der Waals surface area contributed by atoms with Crippen LogP contribution in [0, 0.1) is 0 Å². The van der Waals surface area contributed by atoms with Crippen LogP contribution in [0.2, 0.25) is 0 Å². The van der Waals surface area contributed by atoms with E-state index in [4.69, 9.17) is 0 Å². The van der Waals surface area contributed by atoms with Crippen molar-refractivity contribution in [2.75, 3.05) is 0 Å². The number of rotatable bonds is 2. The van der Waals surface area contributed by atoms with Crippen molar-refractivity contribution < 1.29 is 14.7 Å². The minimum Gasteiger partial charge on any atom is -0.506 e. The second kappa shape index (κ2) is 5.65. The Morgan fingerprint density at radius 3 is 2.00 bits per heavy atom. The summed E-state index contributed by atoms with van der Waals surface area (Å²) in [5.41, 5.74) is 1.08. The van der Waals surface area contributed by atoms with E-state index in [-0.39, 0.29) is 28.4 Å². The predicted molar refractivity (Wildman–Crippen MR) is 92.0 cm³/mol. The lowest BCUT2D eigenvalue weighted by atomic mass is 9.84. The molecule has 0 radical (unpaired) electrons. The Morgan fingerprint density at radius 1 is 0.667 bits per heavy atom. The van der Waals surface area contributed by atoms with E-state index in [1.54, 1.807) is 36.4 Å². The molecule has 116 valence electrons. The number of aromatic hydroxyl groups is 1. The molecule has 3 aromatic carbocycles. The first kappa shape index (κ1) is 14.7. The monoisotopic (exact) mass is 332 g/mol. The number of ketones is 2. The van der Waals surface area contributed by atoms with Crippen molar-refractivity contribution >= 4 is 23.3 Å². The molecular weight excluding hydrogens is 320 g/mol. The highest BCUT2D eigenvalue weighted by Gasteiger charge is 2.32. The van der Waals surface area contributed by atoms with E-state index in [0.29, 0.717) is 16.0 Å². The summed E-state index contributed by atoms with van der Waals surface area (Å²) in [5, 5.41) is 10.6. The molecule has 0 bridgehead atoms. The molecule has 3 nitrogen and oxygen atoms in total. The molecule has 0 atom stereocenters. The van der Waals surface area contributed by atoms with Crippen molar-refractivity contribution in [1.29, 1.82) is 0 Å². The maximum Gasteiger partial charge on any atom is 0.198 e. The summed E-state index contributed by atoms with van der Waals surface area (Å²) >= 11 is 1.36. The average Bonchev–Trinajstić information content (AvgIpc) is 2.62. The number of fused-ring (bicyclic) bond motifs is 2. The number of hydrogen-bond acceptors (Lipinski definition) is 4. The van der Waals surface area contributed by atoms with Gasteiger partial charge in [-0.2, -0.15) is 0 Å². The van der Waals surface area contributed by atoms with Crippen LogP contribution < -0.4 is 0 Å². The summed E-state index contributed by atoms with van der Waals surface area (Å²) in [5.74, 6) is -0.672. The molecule has 1 N–H and O–H groups in total. The van der Waals surface area contributed by atoms with Gasteiger partial charge in [0.05, 0.1) is 10.5 Å². The van der Waals surface area contributed by atoms with Crippen LogP contribution in [-0.2, 0) is 0 Å². The first-order valence-corrected chi connectivity index (χ1v) is 8.26. The SMILES string of the molecule is O=C1c2ccccc2C(=O)c2c1ccc(Sc1ccccc1)c2O. The number of carbonyl (C=O) groups is 2. The summed E-state index contributed by atoms with van der Waals surface area (Å²) < 4.78 is 0. The first-order chi connectivity index (χ1) is 11.7. The van der Waals surface area contributed by atoms with Crippen molar-refractivity contribution in [3.63, 3.8) is 0 Å². The fourth-order valence-corrected chi connectivity index (χ4v) is 3.73. The molecule has 4 heteroatoms. The van der Waals surface area contributed by atoms with E-state index in [2.05, 4.69) is 0 Å². The number of phenolic OH excluding ortho intramolecular Hbond substituents is 1. The Kier molecular flexibility index (Phi) is 3.47. The van der Waals surface area contributed by atoms with Gasteiger partial charge in [0.15, 0.2) is 11.6 Å². The van der Waals surface area contributed by atoms with Crippen LogP contribution in [0.4, 0.5) is 0 Å². The minimum absolute atomic E-state index is 0.0969. The molecule has 1 aliphatic carbocycles. The summed E-state index contributed by atoms with van der Waals surface area (Å²) in [4.78, 5) is 26.9. The third-order valence-electron chi connectivity index (χ3n) is 4.00.